The zero-order valence-electron chi connectivity index (χ0n) is 38.4. The Hall–Kier alpha value is -5.80. The second-order valence-corrected chi connectivity index (χ2v) is 24.9. The van der Waals surface area contributed by atoms with Crippen molar-refractivity contribution in [3.05, 3.63) is 172 Å². The van der Waals surface area contributed by atoms with Crippen LogP contribution in [0.1, 0.15) is 110 Å². The van der Waals surface area contributed by atoms with Crippen LogP contribution in [-0.2, 0) is 16.2 Å². The molecule has 2 nitrogen and oxygen atoms in total. The highest BCUT2D eigenvalue weighted by atomic mass is 15.1. The van der Waals surface area contributed by atoms with E-state index in [1.807, 2.05) is 0 Å². The van der Waals surface area contributed by atoms with Crippen molar-refractivity contribution in [1.82, 2.24) is 4.57 Å². The number of para-hydroxylation sites is 2. The molecule has 7 aromatic carbocycles. The van der Waals surface area contributed by atoms with Crippen molar-refractivity contribution < 1.29 is 0 Å². The van der Waals surface area contributed by atoms with Gasteiger partial charge in [-0.15, -0.1) is 0 Å². The van der Waals surface area contributed by atoms with Gasteiger partial charge in [-0.05, 0) is 226 Å². The van der Waals surface area contributed by atoms with Crippen LogP contribution >= 0.6 is 0 Å². The van der Waals surface area contributed by atoms with E-state index in [9.17, 15) is 0 Å². The first-order chi connectivity index (χ1) is 32.9. The first-order valence-corrected chi connectivity index (χ1v) is 26.4. The standard InChI is InChI=1S/C64H53BN2/c1-35-19-47-45-11-8-15-52-59(45)67(56-16-7-6-14-51(56)64(52)49-12-4-2-9-43(49)44-10-3-5-13-50(44)64)65-54-27-41(61-28-36-21-37(29-61)23-38(22-36)30-61)26-48-46-25-40(17-18-55(46)66(60(48)54)57(20-35)58(47)65)62-32-42-24-39-31-63(42,34-62)53(39)33-62/h2-20,25-27,36-39,42,53H,21-24,28-34H2,1H3. The van der Waals surface area contributed by atoms with Gasteiger partial charge in [0.05, 0.1) is 16.4 Å². The molecule has 7 bridgehead atoms. The molecule has 0 N–H and O–H groups in total. The van der Waals surface area contributed by atoms with Gasteiger partial charge in [-0.3, -0.25) is 0 Å². The van der Waals surface area contributed by atoms with Gasteiger partial charge in [-0.25, -0.2) is 0 Å². The van der Waals surface area contributed by atoms with E-state index in [2.05, 4.69) is 150 Å². The second kappa shape index (κ2) is 11.0. The lowest BCUT2D eigenvalue weighted by Gasteiger charge is -2.57. The van der Waals surface area contributed by atoms with E-state index >= 15 is 0 Å². The highest BCUT2D eigenvalue weighted by Gasteiger charge is 2.76. The third-order valence-electron chi connectivity index (χ3n) is 22.3. The zero-order chi connectivity index (χ0) is 43.1. The van der Waals surface area contributed by atoms with Gasteiger partial charge in [0.2, 0.25) is 0 Å². The van der Waals surface area contributed by atoms with Crippen molar-refractivity contribution in [2.24, 2.45) is 40.9 Å². The summed E-state index contributed by atoms with van der Waals surface area (Å²) in [6, 6.07) is 54.5. The van der Waals surface area contributed by atoms with E-state index in [0.717, 1.165) is 35.5 Å². The number of aryl methyl sites for hydroxylation is 1. The van der Waals surface area contributed by atoms with E-state index in [4.69, 9.17) is 0 Å². The van der Waals surface area contributed by atoms with Gasteiger partial charge in [0.15, 0.2) is 0 Å². The molecule has 322 valence electrons. The summed E-state index contributed by atoms with van der Waals surface area (Å²) >= 11 is 0. The van der Waals surface area contributed by atoms with Crippen LogP contribution in [0, 0.1) is 47.8 Å². The first-order valence-electron chi connectivity index (χ1n) is 26.4. The Morgan fingerprint density at radius 1 is 0.537 bits per heavy atom. The summed E-state index contributed by atoms with van der Waals surface area (Å²) in [6.07, 6.45) is 16.0. The molecule has 0 amide bonds. The number of nitrogens with zero attached hydrogens (tertiary/aromatic N) is 2. The van der Waals surface area contributed by atoms with Crippen LogP contribution in [0.15, 0.2) is 133 Å². The number of benzene rings is 7. The summed E-state index contributed by atoms with van der Waals surface area (Å²) in [6.45, 7) is 2.40. The molecule has 0 radical (unpaired) electrons. The minimum atomic E-state index is -0.426. The summed E-state index contributed by atoms with van der Waals surface area (Å²) < 4.78 is 2.79. The topological polar surface area (TPSA) is 8.17 Å². The molecule has 8 aromatic rings. The molecule has 9 saturated carbocycles. The van der Waals surface area contributed by atoms with Crippen LogP contribution in [0.3, 0.4) is 0 Å². The maximum absolute atomic E-state index is 2.89. The maximum Gasteiger partial charge on any atom is 0.333 e. The Morgan fingerprint density at radius 2 is 1.24 bits per heavy atom. The monoisotopic (exact) mass is 860 g/mol. The summed E-state index contributed by atoms with van der Waals surface area (Å²) in [5, 5.41) is 3.05. The van der Waals surface area contributed by atoms with Crippen LogP contribution in [-0.4, -0.2) is 11.4 Å². The Labute approximate surface area is 393 Å². The molecule has 5 unspecified atom stereocenters. The van der Waals surface area contributed by atoms with Crippen molar-refractivity contribution in [2.75, 3.05) is 4.81 Å². The van der Waals surface area contributed by atoms with Crippen LogP contribution in [0.4, 0.5) is 11.4 Å². The quantitative estimate of drug-likeness (QED) is 0.157. The summed E-state index contributed by atoms with van der Waals surface area (Å²) in [5.41, 5.74) is 26.9. The molecule has 3 aliphatic heterocycles. The third kappa shape index (κ3) is 3.72. The van der Waals surface area contributed by atoms with E-state index in [1.54, 1.807) is 11.1 Å². The van der Waals surface area contributed by atoms with Crippen LogP contribution in [0.25, 0.3) is 49.7 Å². The highest BCUT2D eigenvalue weighted by molar-refractivity contribution is 6.93. The molecule has 0 saturated heterocycles. The Balaban J connectivity index is 0.931. The molecule has 10 aliphatic carbocycles. The van der Waals surface area contributed by atoms with E-state index in [0.29, 0.717) is 10.8 Å². The molecule has 21 rings (SSSR count). The van der Waals surface area contributed by atoms with Crippen molar-refractivity contribution >= 4 is 51.0 Å². The van der Waals surface area contributed by atoms with Crippen LogP contribution in [0.2, 0.25) is 0 Å². The summed E-state index contributed by atoms with van der Waals surface area (Å²) in [5.74, 6) is 5.68. The van der Waals surface area contributed by atoms with Gasteiger partial charge in [0.1, 0.15) is 0 Å². The fraction of sp³-hybridized carbons (Fsp3) is 0.344. The zero-order valence-corrected chi connectivity index (χ0v) is 38.4. The number of aromatic nitrogens is 1. The minimum Gasteiger partial charge on any atom is -0.376 e. The lowest BCUT2D eigenvalue weighted by Crippen LogP contribution is -2.62. The Bertz CT molecular complexity index is 3610. The molecule has 13 aliphatic rings. The average Bonchev–Trinajstić information content (AvgIpc) is 4.14. The predicted molar refractivity (Wildman–Crippen MR) is 273 cm³/mol. The summed E-state index contributed by atoms with van der Waals surface area (Å²) in [4.78, 5) is 2.89. The van der Waals surface area contributed by atoms with Crippen molar-refractivity contribution in [1.29, 1.82) is 0 Å². The Kier molecular flexibility index (Phi) is 5.83. The minimum absolute atomic E-state index is 0.0443. The van der Waals surface area contributed by atoms with Crippen molar-refractivity contribution in [3.8, 4) is 27.9 Å². The van der Waals surface area contributed by atoms with Gasteiger partial charge in [0, 0.05) is 33.4 Å². The largest absolute Gasteiger partial charge is 0.376 e. The first kappa shape index (κ1) is 35.4. The molecule has 4 heterocycles. The number of hydrogen-bond donors (Lipinski definition) is 0. The number of anilines is 2. The molecule has 2 spiro atoms. The van der Waals surface area contributed by atoms with E-state index in [-0.39, 0.29) is 12.3 Å². The fourth-order valence-electron chi connectivity index (χ4n) is 20.8. The van der Waals surface area contributed by atoms with Crippen LogP contribution in [0.5, 0.6) is 0 Å². The molecule has 1 aromatic heterocycles. The predicted octanol–water partition coefficient (Wildman–Crippen LogP) is 13.6. The third-order valence-corrected chi connectivity index (χ3v) is 22.3. The lowest BCUT2D eigenvalue weighted by molar-refractivity contribution is -0.00509. The Morgan fingerprint density at radius 3 is 2.00 bits per heavy atom. The number of rotatable bonds is 2. The van der Waals surface area contributed by atoms with Crippen LogP contribution < -0.4 is 15.7 Å². The normalized spacial score (nSPS) is 33.0. The van der Waals surface area contributed by atoms with Gasteiger partial charge in [0.25, 0.3) is 0 Å². The average molecular weight is 861 g/mol. The molecule has 9 fully saturated rings. The summed E-state index contributed by atoms with van der Waals surface area (Å²) in [7, 11) is 0. The molecule has 5 atom stereocenters. The van der Waals surface area contributed by atoms with Gasteiger partial charge >= 0.3 is 6.85 Å². The van der Waals surface area contributed by atoms with Crippen molar-refractivity contribution in [3.63, 3.8) is 0 Å². The lowest BCUT2D eigenvalue weighted by atomic mass is 9.41. The molecular weight excluding hydrogens is 808 g/mol. The SMILES string of the molecule is Cc1cc2c3c(c1)-n1c4ccc(C56CC7CC8CC7(C5)C8C6)cc4c4cc(C56CC7CC(CC(C7)C5)C6)cc(c41)B3N1c3ccccc3C3(c4ccccc4-c4ccccc43)c3cccc-2c31. The number of hydrogen-bond acceptors (Lipinski definition) is 1. The smallest absolute Gasteiger partial charge is 0.333 e. The van der Waals surface area contributed by atoms with Gasteiger partial charge in [-0.2, -0.15) is 0 Å². The fourth-order valence-corrected chi connectivity index (χ4v) is 20.8. The van der Waals surface area contributed by atoms with Gasteiger partial charge in [-0.1, -0.05) is 103 Å². The van der Waals surface area contributed by atoms with E-state index in [1.165, 1.54) is 170 Å². The molecule has 67 heavy (non-hydrogen) atoms. The van der Waals surface area contributed by atoms with E-state index < -0.39 is 5.41 Å². The van der Waals surface area contributed by atoms with Crippen molar-refractivity contribution in [2.45, 2.75) is 93.8 Å². The maximum atomic E-state index is 2.89. The highest BCUT2D eigenvalue weighted by Crippen LogP contribution is 2.83. The second-order valence-electron chi connectivity index (χ2n) is 24.9. The molecule has 3 heteroatoms. The number of fused-ring (bicyclic) bond motifs is 17. The molecular formula is C64H53BN2. The van der Waals surface area contributed by atoms with Gasteiger partial charge < -0.3 is 9.38 Å².